The van der Waals surface area contributed by atoms with E-state index >= 15 is 0 Å². The number of aromatic nitrogens is 5. The molecule has 5 rings (SSSR count). The van der Waals surface area contributed by atoms with Gasteiger partial charge in [-0.1, -0.05) is 18.2 Å². The van der Waals surface area contributed by atoms with Gasteiger partial charge < -0.3 is 10.1 Å². The first-order valence-electron chi connectivity index (χ1n) is 11.8. The Morgan fingerprint density at radius 1 is 1.05 bits per heavy atom. The van der Waals surface area contributed by atoms with Gasteiger partial charge in [0.1, 0.15) is 5.65 Å². The van der Waals surface area contributed by atoms with Crippen molar-refractivity contribution in [2.24, 2.45) is 0 Å². The maximum Gasteiger partial charge on any atom is 0.307 e. The van der Waals surface area contributed by atoms with E-state index < -0.39 is 12.0 Å². The maximum absolute atomic E-state index is 13.1. The summed E-state index contributed by atoms with van der Waals surface area (Å²) >= 11 is 0. The van der Waals surface area contributed by atoms with Crippen molar-refractivity contribution in [3.05, 3.63) is 102 Å². The second-order valence-corrected chi connectivity index (χ2v) is 8.77. The van der Waals surface area contributed by atoms with Crippen LogP contribution in [-0.2, 0) is 9.53 Å². The van der Waals surface area contributed by atoms with E-state index in [4.69, 9.17) is 4.74 Å². The molecule has 9 heteroatoms. The first-order valence-corrected chi connectivity index (χ1v) is 11.8. The van der Waals surface area contributed by atoms with Crippen LogP contribution in [0.3, 0.4) is 0 Å². The van der Waals surface area contributed by atoms with E-state index in [-0.39, 0.29) is 12.3 Å². The first kappa shape index (κ1) is 23.9. The van der Waals surface area contributed by atoms with E-state index in [1.807, 2.05) is 59.5 Å². The van der Waals surface area contributed by atoms with Crippen LogP contribution in [0.5, 0.6) is 0 Å². The number of hydrogen-bond acceptors (Lipinski definition) is 6. The second-order valence-electron chi connectivity index (χ2n) is 8.77. The number of amides is 1. The van der Waals surface area contributed by atoms with Crippen molar-refractivity contribution in [1.29, 1.82) is 0 Å². The molecule has 0 fully saturated rings. The lowest BCUT2D eigenvalue weighted by Crippen LogP contribution is -2.30. The summed E-state index contributed by atoms with van der Waals surface area (Å²) in [5.74, 6) is -0.749. The van der Waals surface area contributed by atoms with Gasteiger partial charge in [0.2, 0.25) is 0 Å². The Bertz CT molecular complexity index is 1590. The van der Waals surface area contributed by atoms with E-state index in [0.717, 1.165) is 28.3 Å². The van der Waals surface area contributed by atoms with Gasteiger partial charge in [0.25, 0.3) is 5.91 Å². The molecule has 0 aliphatic rings. The lowest BCUT2D eigenvalue weighted by Gasteiger charge is -2.18. The summed E-state index contributed by atoms with van der Waals surface area (Å²) in [4.78, 5) is 33.7. The van der Waals surface area contributed by atoms with Crippen molar-refractivity contribution in [2.75, 3.05) is 7.11 Å². The second kappa shape index (κ2) is 10.1. The molecule has 0 saturated heterocycles. The number of benzene rings is 1. The molecular weight excluding hydrogens is 468 g/mol. The number of carbonyl (C=O) groups excluding carboxylic acids is 2. The number of aryl methyl sites for hydroxylation is 2. The monoisotopic (exact) mass is 494 g/mol. The molecule has 0 saturated carbocycles. The predicted molar refractivity (Wildman–Crippen MR) is 138 cm³/mol. The standard InChI is InChI=1S/C28H26N6O3/c1-18-12-19(2)34(32-18)23-8-4-6-20(13-23)25-17-30-26-14-21(9-11-33(25)26)28(36)31-24(15-27(35)37-3)22-7-5-10-29-16-22/h4-14,16-17,24H,15H2,1-3H3,(H,31,36). The van der Waals surface area contributed by atoms with Crippen LogP contribution in [0.4, 0.5) is 0 Å². The number of rotatable bonds is 7. The fourth-order valence-electron chi connectivity index (χ4n) is 4.35. The smallest absolute Gasteiger partial charge is 0.307 e. The summed E-state index contributed by atoms with van der Waals surface area (Å²) < 4.78 is 8.66. The number of nitrogens with zero attached hydrogens (tertiary/aromatic N) is 5. The van der Waals surface area contributed by atoms with Crippen LogP contribution in [0.25, 0.3) is 22.6 Å². The summed E-state index contributed by atoms with van der Waals surface area (Å²) in [5.41, 5.74) is 6.62. The van der Waals surface area contributed by atoms with Crippen molar-refractivity contribution in [3.63, 3.8) is 0 Å². The Balaban J connectivity index is 1.42. The number of methoxy groups -OCH3 is 1. The third-order valence-electron chi connectivity index (χ3n) is 6.16. The zero-order valence-corrected chi connectivity index (χ0v) is 20.8. The van der Waals surface area contributed by atoms with Gasteiger partial charge in [0.05, 0.1) is 42.8 Å². The molecule has 0 spiro atoms. The zero-order chi connectivity index (χ0) is 25.9. The van der Waals surface area contributed by atoms with Gasteiger partial charge in [-0.15, -0.1) is 0 Å². The number of pyridine rings is 2. The van der Waals surface area contributed by atoms with Gasteiger partial charge in [-0.05, 0) is 55.8 Å². The van der Waals surface area contributed by atoms with E-state index in [9.17, 15) is 9.59 Å². The largest absolute Gasteiger partial charge is 0.469 e. The predicted octanol–water partition coefficient (Wildman–Crippen LogP) is 4.23. The maximum atomic E-state index is 13.1. The van der Waals surface area contributed by atoms with E-state index in [1.54, 1.807) is 36.8 Å². The highest BCUT2D eigenvalue weighted by Crippen LogP contribution is 2.25. The van der Waals surface area contributed by atoms with Crippen molar-refractivity contribution in [3.8, 4) is 16.9 Å². The van der Waals surface area contributed by atoms with Crippen molar-refractivity contribution in [1.82, 2.24) is 29.5 Å². The molecule has 1 atom stereocenters. The molecule has 1 N–H and O–H groups in total. The Morgan fingerprint density at radius 2 is 1.92 bits per heavy atom. The van der Waals surface area contributed by atoms with E-state index in [1.165, 1.54) is 7.11 Å². The van der Waals surface area contributed by atoms with Crippen LogP contribution in [0.15, 0.2) is 79.4 Å². The fourth-order valence-corrected chi connectivity index (χ4v) is 4.35. The Kier molecular flexibility index (Phi) is 6.51. The Hall–Kier alpha value is -4.79. The van der Waals surface area contributed by atoms with Crippen LogP contribution >= 0.6 is 0 Å². The van der Waals surface area contributed by atoms with Crippen LogP contribution in [0.1, 0.15) is 39.8 Å². The van der Waals surface area contributed by atoms with Crippen molar-refractivity contribution >= 4 is 17.5 Å². The van der Waals surface area contributed by atoms with Gasteiger partial charge in [-0.3, -0.25) is 19.0 Å². The van der Waals surface area contributed by atoms with Crippen LogP contribution in [-0.4, -0.2) is 43.1 Å². The molecule has 1 unspecified atom stereocenters. The van der Waals surface area contributed by atoms with Crippen LogP contribution in [0, 0.1) is 13.8 Å². The average molecular weight is 495 g/mol. The molecule has 0 radical (unpaired) electrons. The zero-order valence-electron chi connectivity index (χ0n) is 20.8. The number of fused-ring (bicyclic) bond motifs is 1. The minimum absolute atomic E-state index is 0.00467. The highest BCUT2D eigenvalue weighted by molar-refractivity contribution is 5.95. The molecule has 4 heterocycles. The van der Waals surface area contributed by atoms with Crippen molar-refractivity contribution < 1.29 is 14.3 Å². The lowest BCUT2D eigenvalue weighted by molar-refractivity contribution is -0.141. The van der Waals surface area contributed by atoms with Gasteiger partial charge >= 0.3 is 5.97 Å². The molecule has 37 heavy (non-hydrogen) atoms. The highest BCUT2D eigenvalue weighted by Gasteiger charge is 2.20. The van der Waals surface area contributed by atoms with Crippen molar-refractivity contribution in [2.45, 2.75) is 26.3 Å². The molecule has 4 aromatic heterocycles. The number of imidazole rings is 1. The van der Waals surface area contributed by atoms with E-state index in [2.05, 4.69) is 26.4 Å². The topological polar surface area (TPSA) is 103 Å². The molecule has 0 bridgehead atoms. The van der Waals surface area contributed by atoms with E-state index in [0.29, 0.717) is 16.8 Å². The van der Waals surface area contributed by atoms with Crippen LogP contribution < -0.4 is 5.32 Å². The molecule has 0 aliphatic heterocycles. The van der Waals surface area contributed by atoms with Gasteiger partial charge in [-0.25, -0.2) is 9.67 Å². The first-order chi connectivity index (χ1) is 17.9. The number of hydrogen-bond donors (Lipinski definition) is 1. The summed E-state index contributed by atoms with van der Waals surface area (Å²) in [7, 11) is 1.32. The highest BCUT2D eigenvalue weighted by atomic mass is 16.5. The quantitative estimate of drug-likeness (QED) is 0.340. The molecule has 186 valence electrons. The summed E-state index contributed by atoms with van der Waals surface area (Å²) in [6.45, 7) is 4.00. The number of esters is 1. The molecular formula is C28H26N6O3. The lowest BCUT2D eigenvalue weighted by atomic mass is 10.1. The van der Waals surface area contributed by atoms with Gasteiger partial charge in [-0.2, -0.15) is 5.10 Å². The van der Waals surface area contributed by atoms with Gasteiger partial charge in [0.15, 0.2) is 0 Å². The third-order valence-corrected chi connectivity index (χ3v) is 6.16. The molecule has 1 amide bonds. The SMILES string of the molecule is COC(=O)CC(NC(=O)c1ccn2c(-c3cccc(-n4nc(C)cc4C)c3)cnc2c1)c1cccnc1. The number of ether oxygens (including phenoxy) is 1. The fraction of sp³-hybridized carbons (Fsp3) is 0.179. The average Bonchev–Trinajstić information content (AvgIpc) is 3.50. The Morgan fingerprint density at radius 3 is 2.65 bits per heavy atom. The number of nitrogens with one attached hydrogen (secondary N) is 1. The van der Waals surface area contributed by atoms with Crippen LogP contribution in [0.2, 0.25) is 0 Å². The third kappa shape index (κ3) is 4.97. The molecule has 0 aliphatic carbocycles. The molecule has 9 nitrogen and oxygen atoms in total. The normalized spacial score (nSPS) is 11.9. The molecule has 1 aromatic carbocycles. The minimum Gasteiger partial charge on any atom is -0.469 e. The minimum atomic E-state index is -0.572. The summed E-state index contributed by atoms with van der Waals surface area (Å²) in [5, 5.41) is 7.51. The number of carbonyl (C=O) groups is 2. The molecule has 5 aromatic rings. The summed E-state index contributed by atoms with van der Waals surface area (Å²) in [6.07, 6.45) is 6.86. The Labute approximate surface area is 213 Å². The summed E-state index contributed by atoms with van der Waals surface area (Å²) in [6, 6.07) is 16.6. The van der Waals surface area contributed by atoms with Gasteiger partial charge in [0, 0.05) is 35.4 Å².